The van der Waals surface area contributed by atoms with Crippen LogP contribution in [-0.2, 0) is 4.79 Å². The number of carbonyl (C=O) groups excluding carboxylic acids is 1. The number of nitriles is 1. The van der Waals surface area contributed by atoms with Crippen molar-refractivity contribution in [3.63, 3.8) is 0 Å². The van der Waals surface area contributed by atoms with E-state index >= 15 is 0 Å². The van der Waals surface area contributed by atoms with Gasteiger partial charge in [-0.05, 0) is 49.4 Å². The van der Waals surface area contributed by atoms with Gasteiger partial charge in [0.2, 0.25) is 5.91 Å². The highest BCUT2D eigenvalue weighted by Crippen LogP contribution is 2.27. The fourth-order valence-electron chi connectivity index (χ4n) is 2.74. The molecule has 1 amide bonds. The first-order valence-electron chi connectivity index (χ1n) is 6.64. The summed E-state index contributed by atoms with van der Waals surface area (Å²) in [6, 6.07) is 7.95. The maximum Gasteiger partial charge on any atom is 0.217 e. The highest BCUT2D eigenvalue weighted by atomic mass is 16.1. The van der Waals surface area contributed by atoms with E-state index in [1.807, 2.05) is 25.1 Å². The number of amides is 1. The number of benzene rings is 1. The molecule has 1 aromatic rings. The van der Waals surface area contributed by atoms with Crippen LogP contribution >= 0.6 is 0 Å². The zero-order valence-corrected chi connectivity index (χ0v) is 11.2. The standard InChI is InChI=1S/C15H19N3O/c1-11-8-13(10-16)2-3-14(11)18-6-4-12(5-7-18)9-15(17)19/h2-3,8,12H,4-7,9H2,1H3,(H2,17,19). The van der Waals surface area contributed by atoms with Gasteiger partial charge in [-0.2, -0.15) is 5.26 Å². The fourth-order valence-corrected chi connectivity index (χ4v) is 2.74. The molecule has 1 saturated heterocycles. The molecule has 1 heterocycles. The zero-order valence-electron chi connectivity index (χ0n) is 11.2. The third-order valence-electron chi connectivity index (χ3n) is 3.77. The predicted octanol–water partition coefficient (Wildman–Crippen LogP) is 1.96. The molecule has 0 atom stereocenters. The number of nitrogens with zero attached hydrogens (tertiary/aromatic N) is 2. The SMILES string of the molecule is Cc1cc(C#N)ccc1N1CCC(CC(N)=O)CC1. The Hall–Kier alpha value is -2.02. The fraction of sp³-hybridized carbons (Fsp3) is 0.467. The van der Waals surface area contributed by atoms with Gasteiger partial charge in [0.15, 0.2) is 0 Å². The molecule has 1 aliphatic rings. The topological polar surface area (TPSA) is 70.1 Å². The second kappa shape index (κ2) is 5.75. The van der Waals surface area contributed by atoms with Crippen LogP contribution in [0.2, 0.25) is 0 Å². The monoisotopic (exact) mass is 257 g/mol. The summed E-state index contributed by atoms with van der Waals surface area (Å²) >= 11 is 0. The van der Waals surface area contributed by atoms with Crippen LogP contribution in [0.25, 0.3) is 0 Å². The molecule has 0 spiro atoms. The van der Waals surface area contributed by atoms with E-state index in [1.165, 1.54) is 5.69 Å². The van der Waals surface area contributed by atoms with Gasteiger partial charge in [0.1, 0.15) is 0 Å². The van der Waals surface area contributed by atoms with Crippen molar-refractivity contribution in [1.82, 2.24) is 0 Å². The second-order valence-corrected chi connectivity index (χ2v) is 5.21. The first-order chi connectivity index (χ1) is 9.10. The number of anilines is 1. The van der Waals surface area contributed by atoms with Crippen LogP contribution in [0.5, 0.6) is 0 Å². The van der Waals surface area contributed by atoms with Crippen molar-refractivity contribution in [3.05, 3.63) is 29.3 Å². The van der Waals surface area contributed by atoms with Gasteiger partial charge in [-0.25, -0.2) is 0 Å². The molecule has 0 aromatic heterocycles. The number of hydrogen-bond donors (Lipinski definition) is 1. The number of hydrogen-bond acceptors (Lipinski definition) is 3. The summed E-state index contributed by atoms with van der Waals surface area (Å²) in [7, 11) is 0. The summed E-state index contributed by atoms with van der Waals surface area (Å²) in [6.07, 6.45) is 2.50. The van der Waals surface area contributed by atoms with E-state index in [1.54, 1.807) is 0 Å². The first kappa shape index (κ1) is 13.4. The first-order valence-corrected chi connectivity index (χ1v) is 6.64. The second-order valence-electron chi connectivity index (χ2n) is 5.21. The van der Waals surface area contributed by atoms with Crippen LogP contribution in [0.4, 0.5) is 5.69 Å². The molecule has 0 radical (unpaired) electrons. The number of carbonyl (C=O) groups is 1. The molecule has 0 bridgehead atoms. The lowest BCUT2D eigenvalue weighted by molar-refractivity contribution is -0.119. The maximum absolute atomic E-state index is 10.9. The minimum Gasteiger partial charge on any atom is -0.371 e. The number of rotatable bonds is 3. The van der Waals surface area contributed by atoms with Crippen LogP contribution in [0.15, 0.2) is 18.2 Å². The Morgan fingerprint density at radius 2 is 2.16 bits per heavy atom. The highest BCUT2D eigenvalue weighted by Gasteiger charge is 2.21. The van der Waals surface area contributed by atoms with E-state index in [4.69, 9.17) is 11.0 Å². The Morgan fingerprint density at radius 1 is 1.47 bits per heavy atom. The zero-order chi connectivity index (χ0) is 13.8. The largest absolute Gasteiger partial charge is 0.371 e. The van der Waals surface area contributed by atoms with E-state index in [0.29, 0.717) is 17.9 Å². The molecular weight excluding hydrogens is 238 g/mol. The Kier molecular flexibility index (Phi) is 4.06. The van der Waals surface area contributed by atoms with E-state index in [0.717, 1.165) is 31.5 Å². The Bertz CT molecular complexity index is 511. The average molecular weight is 257 g/mol. The third-order valence-corrected chi connectivity index (χ3v) is 3.77. The molecule has 1 fully saturated rings. The molecule has 0 unspecified atom stereocenters. The van der Waals surface area contributed by atoms with Crippen LogP contribution in [0.1, 0.15) is 30.4 Å². The van der Waals surface area contributed by atoms with Crippen molar-refractivity contribution in [3.8, 4) is 6.07 Å². The van der Waals surface area contributed by atoms with Crippen molar-refractivity contribution < 1.29 is 4.79 Å². The lowest BCUT2D eigenvalue weighted by Gasteiger charge is -2.34. The molecule has 2 rings (SSSR count). The molecule has 4 heteroatoms. The summed E-state index contributed by atoms with van der Waals surface area (Å²) in [5.41, 5.74) is 8.26. The summed E-state index contributed by atoms with van der Waals surface area (Å²) in [4.78, 5) is 13.2. The average Bonchev–Trinajstić information content (AvgIpc) is 2.39. The van der Waals surface area contributed by atoms with Gasteiger partial charge >= 0.3 is 0 Å². The van der Waals surface area contributed by atoms with E-state index in [-0.39, 0.29) is 5.91 Å². The molecule has 0 saturated carbocycles. The van der Waals surface area contributed by atoms with Crippen LogP contribution in [0.3, 0.4) is 0 Å². The summed E-state index contributed by atoms with van der Waals surface area (Å²) in [6.45, 7) is 3.93. The van der Waals surface area contributed by atoms with Crippen molar-refractivity contribution in [2.75, 3.05) is 18.0 Å². The number of aryl methyl sites for hydroxylation is 1. The summed E-state index contributed by atoms with van der Waals surface area (Å²) < 4.78 is 0. The maximum atomic E-state index is 10.9. The lowest BCUT2D eigenvalue weighted by Crippen LogP contribution is -2.35. The van der Waals surface area contributed by atoms with Crippen molar-refractivity contribution in [2.24, 2.45) is 11.7 Å². The third kappa shape index (κ3) is 3.25. The molecule has 19 heavy (non-hydrogen) atoms. The Labute approximate surface area is 113 Å². The van der Waals surface area contributed by atoms with E-state index in [2.05, 4.69) is 11.0 Å². The van der Waals surface area contributed by atoms with Gasteiger partial charge in [-0.1, -0.05) is 0 Å². The molecule has 1 aromatic carbocycles. The normalized spacial score (nSPS) is 16.1. The van der Waals surface area contributed by atoms with Gasteiger partial charge in [0.05, 0.1) is 11.6 Å². The van der Waals surface area contributed by atoms with Crippen LogP contribution < -0.4 is 10.6 Å². The number of piperidine rings is 1. The van der Waals surface area contributed by atoms with E-state index < -0.39 is 0 Å². The lowest BCUT2D eigenvalue weighted by atomic mass is 9.92. The highest BCUT2D eigenvalue weighted by molar-refractivity contribution is 5.74. The van der Waals surface area contributed by atoms with Crippen LogP contribution in [0, 0.1) is 24.2 Å². The Morgan fingerprint density at radius 3 is 2.68 bits per heavy atom. The van der Waals surface area contributed by atoms with E-state index in [9.17, 15) is 4.79 Å². The molecule has 100 valence electrons. The quantitative estimate of drug-likeness (QED) is 0.899. The number of nitrogens with two attached hydrogens (primary N) is 1. The smallest absolute Gasteiger partial charge is 0.217 e. The summed E-state index contributed by atoms with van der Waals surface area (Å²) in [5, 5.41) is 8.87. The van der Waals surface area contributed by atoms with Crippen molar-refractivity contribution >= 4 is 11.6 Å². The molecule has 1 aliphatic heterocycles. The molecule has 2 N–H and O–H groups in total. The van der Waals surface area contributed by atoms with Gasteiger partial charge < -0.3 is 10.6 Å². The van der Waals surface area contributed by atoms with Gasteiger partial charge in [0.25, 0.3) is 0 Å². The number of primary amides is 1. The summed E-state index contributed by atoms with van der Waals surface area (Å²) in [5.74, 6) is 0.223. The van der Waals surface area contributed by atoms with Crippen LogP contribution in [-0.4, -0.2) is 19.0 Å². The predicted molar refractivity (Wildman–Crippen MR) is 74.6 cm³/mol. The minimum atomic E-state index is -0.201. The molecule has 0 aliphatic carbocycles. The van der Waals surface area contributed by atoms with Crippen molar-refractivity contribution in [1.29, 1.82) is 5.26 Å². The van der Waals surface area contributed by atoms with Gasteiger partial charge in [-0.15, -0.1) is 0 Å². The minimum absolute atomic E-state index is 0.201. The Balaban J connectivity index is 2.02. The van der Waals surface area contributed by atoms with Crippen molar-refractivity contribution in [2.45, 2.75) is 26.2 Å². The van der Waals surface area contributed by atoms with Gasteiger partial charge in [-0.3, -0.25) is 4.79 Å². The molecule has 4 nitrogen and oxygen atoms in total. The molecular formula is C15H19N3O. The van der Waals surface area contributed by atoms with Gasteiger partial charge in [0, 0.05) is 25.2 Å².